The number of sulfonamides is 1. The Labute approximate surface area is 156 Å². The average Bonchev–Trinajstić information content (AvgIpc) is 3.22. The number of rotatable bonds is 5. The van der Waals surface area contributed by atoms with Gasteiger partial charge in [0.15, 0.2) is 0 Å². The fourth-order valence-electron chi connectivity index (χ4n) is 3.02. The van der Waals surface area contributed by atoms with Crippen LogP contribution in [0.3, 0.4) is 0 Å². The lowest BCUT2D eigenvalue weighted by atomic mass is 10.1. The zero-order valence-corrected chi connectivity index (χ0v) is 16.8. The van der Waals surface area contributed by atoms with Crippen molar-refractivity contribution in [2.24, 2.45) is 0 Å². The number of hydrogen-bond acceptors (Lipinski definition) is 5. The fourth-order valence-corrected chi connectivity index (χ4v) is 6.67. The minimum absolute atomic E-state index is 0.103. The Bertz CT molecular complexity index is 833. The normalized spacial score (nSPS) is 16.3. The second kappa shape index (κ2) is 7.57. The van der Waals surface area contributed by atoms with E-state index in [0.717, 1.165) is 16.2 Å². The summed E-state index contributed by atoms with van der Waals surface area (Å²) in [5.41, 5.74) is 1.18. The van der Waals surface area contributed by atoms with E-state index in [9.17, 15) is 13.2 Å². The Morgan fingerprint density at radius 1 is 1.20 bits per heavy atom. The Kier molecular flexibility index (Phi) is 5.62. The maximum Gasteiger partial charge on any atom is 0.244 e. The predicted octanol–water partition coefficient (Wildman–Crippen LogP) is 2.89. The third-order valence-electron chi connectivity index (χ3n) is 4.41. The lowest BCUT2D eigenvalue weighted by molar-refractivity contribution is -0.132. The van der Waals surface area contributed by atoms with Gasteiger partial charge in [0, 0.05) is 42.4 Å². The maximum atomic E-state index is 12.8. The van der Waals surface area contributed by atoms with Crippen LogP contribution in [-0.2, 0) is 21.2 Å². The van der Waals surface area contributed by atoms with Crippen LogP contribution in [0.4, 0.5) is 0 Å². The molecular weight excluding hydrogens is 376 g/mol. The van der Waals surface area contributed by atoms with Crippen molar-refractivity contribution in [3.05, 3.63) is 38.2 Å². The molecule has 0 radical (unpaired) electrons. The highest BCUT2D eigenvalue weighted by Gasteiger charge is 2.31. The summed E-state index contributed by atoms with van der Waals surface area (Å²) in [6.07, 6.45) is 1.22. The molecule has 25 heavy (non-hydrogen) atoms. The number of aryl methyl sites for hydroxylation is 3. The van der Waals surface area contributed by atoms with Crippen LogP contribution in [-0.4, -0.2) is 49.7 Å². The Morgan fingerprint density at radius 2 is 1.92 bits per heavy atom. The summed E-state index contributed by atoms with van der Waals surface area (Å²) >= 11 is 3.13. The second-order valence-electron chi connectivity index (χ2n) is 6.19. The van der Waals surface area contributed by atoms with Crippen LogP contribution in [0.1, 0.15) is 21.7 Å². The van der Waals surface area contributed by atoms with E-state index in [1.807, 2.05) is 25.3 Å². The fraction of sp³-hybridized carbons (Fsp3) is 0.471. The first-order valence-corrected chi connectivity index (χ1v) is 11.4. The monoisotopic (exact) mass is 398 g/mol. The van der Waals surface area contributed by atoms with E-state index in [1.54, 1.807) is 22.3 Å². The number of carbonyl (C=O) groups is 1. The second-order valence-corrected chi connectivity index (χ2v) is 10.3. The highest BCUT2D eigenvalue weighted by atomic mass is 32.2. The molecule has 2 aromatic heterocycles. The van der Waals surface area contributed by atoms with E-state index in [1.165, 1.54) is 21.2 Å². The maximum absolute atomic E-state index is 12.8. The molecule has 0 saturated carbocycles. The smallest absolute Gasteiger partial charge is 0.244 e. The van der Waals surface area contributed by atoms with Crippen molar-refractivity contribution < 1.29 is 13.2 Å². The van der Waals surface area contributed by atoms with Gasteiger partial charge in [-0.2, -0.15) is 15.6 Å². The van der Waals surface area contributed by atoms with Crippen LogP contribution in [0.2, 0.25) is 0 Å². The lowest BCUT2D eigenvalue weighted by Gasteiger charge is -2.34. The molecule has 0 aromatic carbocycles. The van der Waals surface area contributed by atoms with Gasteiger partial charge in [-0.3, -0.25) is 4.79 Å². The first-order chi connectivity index (χ1) is 11.9. The van der Waals surface area contributed by atoms with E-state index >= 15 is 0 Å². The molecule has 1 saturated heterocycles. The van der Waals surface area contributed by atoms with Crippen LogP contribution in [0.5, 0.6) is 0 Å². The summed E-state index contributed by atoms with van der Waals surface area (Å²) in [5, 5.41) is 4.07. The average molecular weight is 399 g/mol. The van der Waals surface area contributed by atoms with Gasteiger partial charge in [-0.1, -0.05) is 0 Å². The quantitative estimate of drug-likeness (QED) is 0.778. The van der Waals surface area contributed by atoms with Gasteiger partial charge in [-0.05, 0) is 48.7 Å². The van der Waals surface area contributed by atoms with Crippen molar-refractivity contribution in [2.45, 2.75) is 31.6 Å². The van der Waals surface area contributed by atoms with Gasteiger partial charge in [0.2, 0.25) is 15.9 Å². The summed E-state index contributed by atoms with van der Waals surface area (Å²) in [4.78, 5) is 16.4. The Morgan fingerprint density at radius 3 is 2.48 bits per heavy atom. The molecule has 0 atom stereocenters. The number of amides is 1. The predicted molar refractivity (Wildman–Crippen MR) is 102 cm³/mol. The topological polar surface area (TPSA) is 57.7 Å². The van der Waals surface area contributed by atoms with E-state index in [2.05, 4.69) is 5.38 Å². The summed E-state index contributed by atoms with van der Waals surface area (Å²) in [6.45, 7) is 5.41. The van der Waals surface area contributed by atoms with Crippen LogP contribution < -0.4 is 0 Å². The number of piperazine rings is 1. The van der Waals surface area contributed by atoms with Crippen molar-refractivity contribution >= 4 is 38.6 Å². The summed E-state index contributed by atoms with van der Waals surface area (Å²) in [5.74, 6) is 0.103. The molecule has 0 aliphatic carbocycles. The third-order valence-corrected chi connectivity index (χ3v) is 8.26. The number of nitrogens with zero attached hydrogens (tertiary/aromatic N) is 2. The van der Waals surface area contributed by atoms with E-state index in [0.29, 0.717) is 37.5 Å². The van der Waals surface area contributed by atoms with Gasteiger partial charge in [0.1, 0.15) is 0 Å². The van der Waals surface area contributed by atoms with Crippen molar-refractivity contribution in [1.29, 1.82) is 0 Å². The molecule has 1 aliphatic heterocycles. The van der Waals surface area contributed by atoms with E-state index in [4.69, 9.17) is 0 Å². The Hall–Kier alpha value is -1.22. The van der Waals surface area contributed by atoms with Crippen LogP contribution >= 0.6 is 22.7 Å². The van der Waals surface area contributed by atoms with Crippen LogP contribution in [0.15, 0.2) is 27.8 Å². The van der Waals surface area contributed by atoms with Crippen molar-refractivity contribution in [3.8, 4) is 0 Å². The van der Waals surface area contributed by atoms with Gasteiger partial charge in [0.05, 0.1) is 4.90 Å². The molecule has 5 nitrogen and oxygen atoms in total. The van der Waals surface area contributed by atoms with E-state index in [-0.39, 0.29) is 5.91 Å². The largest absolute Gasteiger partial charge is 0.340 e. The van der Waals surface area contributed by atoms with Gasteiger partial charge in [0.25, 0.3) is 0 Å². The molecule has 0 N–H and O–H groups in total. The molecule has 136 valence electrons. The summed E-state index contributed by atoms with van der Waals surface area (Å²) < 4.78 is 27.1. The van der Waals surface area contributed by atoms with Crippen molar-refractivity contribution in [1.82, 2.24) is 9.21 Å². The highest BCUT2D eigenvalue weighted by molar-refractivity contribution is 7.89. The minimum atomic E-state index is -3.46. The minimum Gasteiger partial charge on any atom is -0.340 e. The first kappa shape index (κ1) is 18.6. The summed E-state index contributed by atoms with van der Waals surface area (Å²) in [6, 6.07) is 3.78. The van der Waals surface area contributed by atoms with Crippen molar-refractivity contribution in [2.75, 3.05) is 26.2 Å². The SMILES string of the molecule is Cc1cc(S(=O)(=O)N2CCN(C(=O)CCc3ccsc3)CC2)c(C)s1. The zero-order chi connectivity index (χ0) is 18.0. The molecular formula is C17H22N2O3S3. The molecule has 0 spiro atoms. The lowest BCUT2D eigenvalue weighted by Crippen LogP contribution is -2.50. The first-order valence-electron chi connectivity index (χ1n) is 8.24. The van der Waals surface area contributed by atoms with E-state index < -0.39 is 10.0 Å². The van der Waals surface area contributed by atoms with Crippen molar-refractivity contribution in [3.63, 3.8) is 0 Å². The molecule has 8 heteroatoms. The number of hydrogen-bond donors (Lipinski definition) is 0. The standard InChI is InChI=1S/C17H22N2O3S3/c1-13-11-16(14(2)24-13)25(21,22)19-8-6-18(7-9-19)17(20)4-3-15-5-10-23-12-15/h5,10-12H,3-4,6-9H2,1-2H3. The van der Waals surface area contributed by atoms with Crippen LogP contribution in [0.25, 0.3) is 0 Å². The number of carbonyl (C=O) groups excluding carboxylic acids is 1. The molecule has 1 amide bonds. The van der Waals surface area contributed by atoms with Gasteiger partial charge < -0.3 is 4.90 Å². The van der Waals surface area contributed by atoms with Gasteiger partial charge in [-0.25, -0.2) is 8.42 Å². The Balaban J connectivity index is 1.57. The summed E-state index contributed by atoms with van der Waals surface area (Å²) in [7, 11) is -3.46. The van der Waals surface area contributed by atoms with Gasteiger partial charge in [-0.15, -0.1) is 11.3 Å². The molecule has 2 aromatic rings. The molecule has 0 unspecified atom stereocenters. The molecule has 1 fully saturated rings. The molecule has 0 bridgehead atoms. The molecule has 3 heterocycles. The molecule has 1 aliphatic rings. The number of thiophene rings is 2. The highest BCUT2D eigenvalue weighted by Crippen LogP contribution is 2.28. The zero-order valence-electron chi connectivity index (χ0n) is 14.4. The van der Waals surface area contributed by atoms with Crippen LogP contribution in [0, 0.1) is 13.8 Å². The van der Waals surface area contributed by atoms with Gasteiger partial charge >= 0.3 is 0 Å². The third kappa shape index (κ3) is 4.13. The molecule has 3 rings (SSSR count).